The number of hydrogen-bond donors (Lipinski definition) is 2. The fraction of sp³-hybridized carbons (Fsp3) is 0.118. The molecule has 2 aromatic heterocycles. The highest BCUT2D eigenvalue weighted by Crippen LogP contribution is 2.26. The first-order chi connectivity index (χ1) is 11.6. The van der Waals surface area contributed by atoms with Crippen molar-refractivity contribution in [2.75, 3.05) is 5.32 Å². The van der Waals surface area contributed by atoms with Crippen molar-refractivity contribution < 1.29 is 13.6 Å². The number of oxazole rings is 2. The van der Waals surface area contributed by atoms with Gasteiger partial charge in [0.2, 0.25) is 5.91 Å². The highest BCUT2D eigenvalue weighted by Gasteiger charge is 2.15. The van der Waals surface area contributed by atoms with Gasteiger partial charge in [0.1, 0.15) is 11.0 Å². The van der Waals surface area contributed by atoms with Crippen LogP contribution in [0.15, 0.2) is 51.3 Å². The second-order valence-corrected chi connectivity index (χ2v) is 5.48. The number of carbonyl (C=O) groups is 1. The number of nitrogens with zero attached hydrogens (tertiary/aromatic N) is 2. The van der Waals surface area contributed by atoms with Gasteiger partial charge < -0.3 is 14.6 Å². The van der Waals surface area contributed by atoms with Crippen LogP contribution in [0.5, 0.6) is 0 Å². The Bertz CT molecular complexity index is 1020. The smallest absolute Gasteiger partial charge is 0.303 e. The van der Waals surface area contributed by atoms with Gasteiger partial charge >= 0.3 is 12.0 Å². The maximum atomic E-state index is 11.3. The zero-order chi connectivity index (χ0) is 16.7. The molecule has 0 fully saturated rings. The summed E-state index contributed by atoms with van der Waals surface area (Å²) in [6.45, 7) is 1.75. The second-order valence-electron chi connectivity index (χ2n) is 5.48. The van der Waals surface area contributed by atoms with Crippen LogP contribution in [-0.4, -0.2) is 15.9 Å². The molecular weight excluding hydrogens is 308 g/mol. The van der Waals surface area contributed by atoms with Crippen LogP contribution in [0, 0.1) is 0 Å². The van der Waals surface area contributed by atoms with Gasteiger partial charge in [-0.25, -0.2) is 0 Å². The minimum atomic E-state index is -0.389. The summed E-state index contributed by atoms with van der Waals surface area (Å²) >= 11 is 0. The van der Waals surface area contributed by atoms with Crippen LogP contribution < -0.4 is 11.1 Å². The van der Waals surface area contributed by atoms with Gasteiger partial charge in [0.05, 0.1) is 5.92 Å². The molecule has 2 aromatic carbocycles. The number of primary amides is 1. The maximum absolute atomic E-state index is 11.3. The number of rotatable bonds is 4. The zero-order valence-electron chi connectivity index (χ0n) is 12.8. The summed E-state index contributed by atoms with van der Waals surface area (Å²) in [6, 6.07) is 13.3. The number of fused-ring (bicyclic) bond motifs is 2. The molecule has 2 heterocycles. The molecule has 0 radical (unpaired) electrons. The molecule has 0 aliphatic carbocycles. The third-order valence-corrected chi connectivity index (χ3v) is 3.85. The Balaban J connectivity index is 1.66. The van der Waals surface area contributed by atoms with Crippen molar-refractivity contribution in [3.8, 4) is 0 Å². The molecule has 0 spiro atoms. The van der Waals surface area contributed by atoms with E-state index in [4.69, 9.17) is 14.6 Å². The fourth-order valence-corrected chi connectivity index (χ4v) is 2.45. The molecule has 3 N–H and O–H groups in total. The summed E-state index contributed by atoms with van der Waals surface area (Å²) in [5.41, 5.74) is 8.76. The van der Waals surface area contributed by atoms with E-state index >= 15 is 0 Å². The molecule has 4 rings (SSSR count). The minimum absolute atomic E-state index is 0.264. The maximum Gasteiger partial charge on any atom is 0.303 e. The minimum Gasteiger partial charge on any atom is -0.423 e. The number of amides is 1. The van der Waals surface area contributed by atoms with Gasteiger partial charge in [0.15, 0.2) is 11.2 Å². The van der Waals surface area contributed by atoms with Gasteiger partial charge in [-0.2, -0.15) is 9.97 Å². The largest absolute Gasteiger partial charge is 0.423 e. The molecule has 0 aliphatic heterocycles. The topological polar surface area (TPSA) is 107 Å². The third-order valence-electron chi connectivity index (χ3n) is 3.85. The molecule has 24 heavy (non-hydrogen) atoms. The molecule has 1 amide bonds. The molecule has 7 heteroatoms. The molecule has 1 unspecified atom stereocenters. The summed E-state index contributed by atoms with van der Waals surface area (Å²) in [7, 11) is 0. The van der Waals surface area contributed by atoms with E-state index in [0.29, 0.717) is 22.7 Å². The van der Waals surface area contributed by atoms with Gasteiger partial charge in [-0.1, -0.05) is 18.2 Å². The first-order valence-corrected chi connectivity index (χ1v) is 7.42. The van der Waals surface area contributed by atoms with Gasteiger partial charge in [-0.05, 0) is 36.8 Å². The number of nitrogens with one attached hydrogen (secondary N) is 1. The normalized spacial score (nSPS) is 12.5. The Morgan fingerprint density at radius 3 is 2.42 bits per heavy atom. The summed E-state index contributed by atoms with van der Waals surface area (Å²) in [4.78, 5) is 20.0. The average Bonchev–Trinajstić information content (AvgIpc) is 3.15. The van der Waals surface area contributed by atoms with Crippen molar-refractivity contribution in [3.63, 3.8) is 0 Å². The third kappa shape index (κ3) is 2.45. The van der Waals surface area contributed by atoms with E-state index < -0.39 is 0 Å². The van der Waals surface area contributed by atoms with Crippen molar-refractivity contribution in [2.24, 2.45) is 5.73 Å². The number of aromatic nitrogens is 2. The molecular formula is C17H14N4O3. The average molecular weight is 322 g/mol. The Hall–Kier alpha value is -3.35. The van der Waals surface area contributed by atoms with Crippen LogP contribution in [0.4, 0.5) is 12.0 Å². The fourth-order valence-electron chi connectivity index (χ4n) is 2.45. The van der Waals surface area contributed by atoms with Crippen molar-refractivity contribution in [3.05, 3.63) is 48.0 Å². The van der Waals surface area contributed by atoms with E-state index in [1.165, 1.54) is 0 Å². The van der Waals surface area contributed by atoms with E-state index in [9.17, 15) is 4.79 Å². The molecule has 0 bridgehead atoms. The first-order valence-electron chi connectivity index (χ1n) is 7.42. The van der Waals surface area contributed by atoms with E-state index in [2.05, 4.69) is 15.3 Å². The number of hydrogen-bond acceptors (Lipinski definition) is 6. The molecule has 4 aromatic rings. The number of nitrogens with two attached hydrogens (primary N) is 1. The summed E-state index contributed by atoms with van der Waals surface area (Å²) in [5, 5.41) is 2.91. The number of para-hydroxylation sites is 2. The number of benzene rings is 2. The predicted molar refractivity (Wildman–Crippen MR) is 88.9 cm³/mol. The Morgan fingerprint density at radius 1 is 1.04 bits per heavy atom. The van der Waals surface area contributed by atoms with Crippen LogP contribution in [0.25, 0.3) is 22.2 Å². The van der Waals surface area contributed by atoms with E-state index in [1.807, 2.05) is 24.3 Å². The van der Waals surface area contributed by atoms with Gasteiger partial charge in [-0.3, -0.25) is 10.1 Å². The van der Waals surface area contributed by atoms with Gasteiger partial charge in [0, 0.05) is 0 Å². The first kappa shape index (κ1) is 14.3. The van der Waals surface area contributed by atoms with Crippen molar-refractivity contribution >= 4 is 40.1 Å². The molecule has 0 aliphatic rings. The van der Waals surface area contributed by atoms with Gasteiger partial charge in [0.25, 0.3) is 0 Å². The molecule has 1 atom stereocenters. The van der Waals surface area contributed by atoms with Crippen LogP contribution in [-0.2, 0) is 4.79 Å². The SMILES string of the molecule is CC(C(N)=O)c1ccc2oc(Nc3nc4ccccc4o3)nc2c1. The highest BCUT2D eigenvalue weighted by molar-refractivity contribution is 5.84. The van der Waals surface area contributed by atoms with E-state index in [1.54, 1.807) is 25.1 Å². The molecule has 120 valence electrons. The van der Waals surface area contributed by atoms with Crippen LogP contribution in [0.3, 0.4) is 0 Å². The summed E-state index contributed by atoms with van der Waals surface area (Å²) in [6.07, 6.45) is 0. The lowest BCUT2D eigenvalue weighted by Crippen LogP contribution is -2.18. The number of anilines is 2. The van der Waals surface area contributed by atoms with Crippen LogP contribution in [0.1, 0.15) is 18.4 Å². The Kier molecular flexibility index (Phi) is 3.19. The second kappa shape index (κ2) is 5.38. The lowest BCUT2D eigenvalue weighted by atomic mass is 10.0. The van der Waals surface area contributed by atoms with Crippen molar-refractivity contribution in [2.45, 2.75) is 12.8 Å². The van der Waals surface area contributed by atoms with E-state index in [0.717, 1.165) is 11.1 Å². The Morgan fingerprint density at radius 2 is 1.71 bits per heavy atom. The lowest BCUT2D eigenvalue weighted by molar-refractivity contribution is -0.119. The number of carbonyl (C=O) groups excluding carboxylic acids is 1. The van der Waals surface area contributed by atoms with Crippen molar-refractivity contribution in [1.82, 2.24) is 9.97 Å². The summed E-state index contributed by atoms with van der Waals surface area (Å²) in [5.74, 6) is -0.776. The monoisotopic (exact) mass is 322 g/mol. The molecule has 7 nitrogen and oxygen atoms in total. The van der Waals surface area contributed by atoms with Crippen molar-refractivity contribution in [1.29, 1.82) is 0 Å². The molecule has 0 saturated heterocycles. The Labute approximate surface area is 136 Å². The lowest BCUT2D eigenvalue weighted by Gasteiger charge is -2.05. The van der Waals surface area contributed by atoms with Crippen LogP contribution in [0.2, 0.25) is 0 Å². The predicted octanol–water partition coefficient (Wildman–Crippen LogP) is 3.30. The molecule has 0 saturated carbocycles. The van der Waals surface area contributed by atoms with Gasteiger partial charge in [-0.15, -0.1) is 0 Å². The standard InChI is InChI=1S/C17H14N4O3/c1-9(15(18)22)10-6-7-14-12(8-10)20-17(24-14)21-16-19-11-4-2-3-5-13(11)23-16/h2-9H,1H3,(H2,18,22)(H,19,20,21). The quantitative estimate of drug-likeness (QED) is 0.597. The van der Waals surface area contributed by atoms with Crippen LogP contribution >= 0.6 is 0 Å². The van der Waals surface area contributed by atoms with E-state index in [-0.39, 0.29) is 17.8 Å². The zero-order valence-corrected chi connectivity index (χ0v) is 12.8. The highest BCUT2D eigenvalue weighted by atomic mass is 16.4. The summed E-state index contributed by atoms with van der Waals surface area (Å²) < 4.78 is 11.2.